The Kier molecular flexibility index (Phi) is 3.74. The molecule has 1 nitrogen and oxygen atoms in total. The highest BCUT2D eigenvalue weighted by Gasteiger charge is 2.22. The van der Waals surface area contributed by atoms with Crippen molar-refractivity contribution in [3.8, 4) is 0 Å². The van der Waals surface area contributed by atoms with E-state index in [-0.39, 0.29) is 0 Å². The SMILES string of the molecule is CC(C)(F)c1ccc(C2CCCCN2)c(Cl)c1. The van der Waals surface area contributed by atoms with Crippen LogP contribution in [0.5, 0.6) is 0 Å². The number of hydrogen-bond acceptors (Lipinski definition) is 1. The Morgan fingerprint density at radius 2 is 2.12 bits per heavy atom. The Bertz CT molecular complexity index is 392. The van der Waals surface area contributed by atoms with E-state index in [9.17, 15) is 4.39 Å². The van der Waals surface area contributed by atoms with E-state index in [1.807, 2.05) is 12.1 Å². The third kappa shape index (κ3) is 2.99. The van der Waals surface area contributed by atoms with E-state index in [1.165, 1.54) is 12.8 Å². The lowest BCUT2D eigenvalue weighted by atomic mass is 9.93. The van der Waals surface area contributed by atoms with Crippen molar-refractivity contribution in [2.75, 3.05) is 6.54 Å². The summed E-state index contributed by atoms with van der Waals surface area (Å²) in [6.07, 6.45) is 3.56. The first kappa shape index (κ1) is 12.8. The molecule has 1 aliphatic rings. The van der Waals surface area contributed by atoms with Gasteiger partial charge in [0.2, 0.25) is 0 Å². The van der Waals surface area contributed by atoms with Crippen LogP contribution in [0.25, 0.3) is 0 Å². The first-order chi connectivity index (χ1) is 7.98. The van der Waals surface area contributed by atoms with Gasteiger partial charge in [0.05, 0.1) is 0 Å². The molecule has 1 saturated heterocycles. The van der Waals surface area contributed by atoms with Gasteiger partial charge >= 0.3 is 0 Å². The molecule has 1 heterocycles. The fraction of sp³-hybridized carbons (Fsp3) is 0.571. The minimum atomic E-state index is -1.33. The summed E-state index contributed by atoms with van der Waals surface area (Å²) in [7, 11) is 0. The van der Waals surface area contributed by atoms with Gasteiger partial charge in [-0.3, -0.25) is 0 Å². The fourth-order valence-corrected chi connectivity index (χ4v) is 2.61. The molecule has 1 fully saturated rings. The van der Waals surface area contributed by atoms with Crippen LogP contribution < -0.4 is 5.32 Å². The van der Waals surface area contributed by atoms with Crippen LogP contribution in [0.3, 0.4) is 0 Å². The lowest BCUT2D eigenvalue weighted by molar-refractivity contribution is 0.221. The molecule has 0 saturated carbocycles. The molecular weight excluding hydrogens is 237 g/mol. The van der Waals surface area contributed by atoms with Crippen molar-refractivity contribution in [3.05, 3.63) is 34.3 Å². The molecule has 0 spiro atoms. The summed E-state index contributed by atoms with van der Waals surface area (Å²) in [5.74, 6) is 0. The first-order valence-corrected chi connectivity index (χ1v) is 6.58. The third-order valence-corrected chi connectivity index (χ3v) is 3.70. The molecule has 0 bridgehead atoms. The molecule has 3 heteroatoms. The average Bonchev–Trinajstić information content (AvgIpc) is 2.29. The van der Waals surface area contributed by atoms with Crippen LogP contribution in [-0.2, 0) is 5.67 Å². The molecular formula is C14H19ClFN. The Balaban J connectivity index is 2.25. The molecule has 17 heavy (non-hydrogen) atoms. The summed E-state index contributed by atoms with van der Waals surface area (Å²) in [5.41, 5.74) is 0.406. The van der Waals surface area contributed by atoms with E-state index in [1.54, 1.807) is 19.9 Å². The van der Waals surface area contributed by atoms with Gasteiger partial charge in [-0.25, -0.2) is 4.39 Å². The number of piperidine rings is 1. The first-order valence-electron chi connectivity index (χ1n) is 6.21. The second-order valence-electron chi connectivity index (χ2n) is 5.21. The van der Waals surface area contributed by atoms with Gasteiger partial charge in [0.1, 0.15) is 5.67 Å². The zero-order valence-corrected chi connectivity index (χ0v) is 11.1. The van der Waals surface area contributed by atoms with E-state index in [0.29, 0.717) is 16.6 Å². The van der Waals surface area contributed by atoms with Gasteiger partial charge in [0, 0.05) is 11.1 Å². The fourth-order valence-electron chi connectivity index (χ4n) is 2.30. The van der Waals surface area contributed by atoms with Crippen molar-refractivity contribution < 1.29 is 4.39 Å². The zero-order valence-electron chi connectivity index (χ0n) is 10.4. The normalized spacial score (nSPS) is 21.5. The van der Waals surface area contributed by atoms with Gasteiger partial charge in [-0.05, 0) is 50.4 Å². The second kappa shape index (κ2) is 4.95. The smallest absolute Gasteiger partial charge is 0.130 e. The molecule has 0 radical (unpaired) electrons. The van der Waals surface area contributed by atoms with Crippen LogP contribution in [0.1, 0.15) is 50.3 Å². The summed E-state index contributed by atoms with van der Waals surface area (Å²) in [6, 6.07) is 5.89. The predicted octanol–water partition coefficient (Wildman–Crippen LogP) is 4.36. The van der Waals surface area contributed by atoms with Crippen LogP contribution in [0, 0.1) is 0 Å². The largest absolute Gasteiger partial charge is 0.310 e. The predicted molar refractivity (Wildman–Crippen MR) is 70.2 cm³/mol. The average molecular weight is 256 g/mol. The zero-order chi connectivity index (χ0) is 12.5. The van der Waals surface area contributed by atoms with Crippen LogP contribution >= 0.6 is 11.6 Å². The van der Waals surface area contributed by atoms with Crippen LogP contribution in [0.15, 0.2) is 18.2 Å². The summed E-state index contributed by atoms with van der Waals surface area (Å²) in [5, 5.41) is 4.13. The summed E-state index contributed by atoms with van der Waals surface area (Å²) in [6.45, 7) is 4.14. The van der Waals surface area contributed by atoms with Gasteiger partial charge in [-0.15, -0.1) is 0 Å². The summed E-state index contributed by atoms with van der Waals surface area (Å²) < 4.78 is 13.8. The molecule has 0 aliphatic carbocycles. The number of benzene rings is 1. The van der Waals surface area contributed by atoms with E-state index in [4.69, 9.17) is 11.6 Å². The Labute approximate surface area is 107 Å². The van der Waals surface area contributed by atoms with Crippen molar-refractivity contribution in [1.82, 2.24) is 5.32 Å². The van der Waals surface area contributed by atoms with E-state index < -0.39 is 5.67 Å². The van der Waals surface area contributed by atoms with Gasteiger partial charge in [0.15, 0.2) is 0 Å². The van der Waals surface area contributed by atoms with Gasteiger partial charge in [0.25, 0.3) is 0 Å². The monoisotopic (exact) mass is 255 g/mol. The topological polar surface area (TPSA) is 12.0 Å². The standard InChI is InChI=1S/C14H19ClFN/c1-14(2,16)10-6-7-11(12(15)9-10)13-5-3-4-8-17-13/h6-7,9,13,17H,3-5,8H2,1-2H3. The molecule has 1 aromatic rings. The number of alkyl halides is 1. The Morgan fingerprint density at radius 1 is 1.35 bits per heavy atom. The quantitative estimate of drug-likeness (QED) is 0.828. The molecule has 94 valence electrons. The lowest BCUT2D eigenvalue weighted by Crippen LogP contribution is -2.27. The van der Waals surface area contributed by atoms with Crippen LogP contribution in [0.2, 0.25) is 5.02 Å². The Hall–Kier alpha value is -0.600. The minimum absolute atomic E-state index is 0.327. The molecule has 1 atom stereocenters. The van der Waals surface area contributed by atoms with Gasteiger partial charge in [-0.2, -0.15) is 0 Å². The molecule has 0 aromatic heterocycles. The molecule has 1 N–H and O–H groups in total. The van der Waals surface area contributed by atoms with Gasteiger partial charge in [-0.1, -0.05) is 30.2 Å². The van der Waals surface area contributed by atoms with E-state index >= 15 is 0 Å². The number of rotatable bonds is 2. The molecule has 1 aliphatic heterocycles. The number of nitrogens with one attached hydrogen (secondary N) is 1. The van der Waals surface area contributed by atoms with Crippen molar-refractivity contribution >= 4 is 11.6 Å². The number of hydrogen-bond donors (Lipinski definition) is 1. The van der Waals surface area contributed by atoms with Crippen molar-refractivity contribution in [1.29, 1.82) is 0 Å². The number of halogens is 2. The van der Waals surface area contributed by atoms with Crippen molar-refractivity contribution in [3.63, 3.8) is 0 Å². The second-order valence-corrected chi connectivity index (χ2v) is 5.62. The van der Waals surface area contributed by atoms with E-state index in [2.05, 4.69) is 5.32 Å². The lowest BCUT2D eigenvalue weighted by Gasteiger charge is -2.25. The van der Waals surface area contributed by atoms with Crippen LogP contribution in [0.4, 0.5) is 4.39 Å². The summed E-state index contributed by atoms with van der Waals surface area (Å²) >= 11 is 6.26. The third-order valence-electron chi connectivity index (χ3n) is 3.37. The Morgan fingerprint density at radius 3 is 2.65 bits per heavy atom. The highest BCUT2D eigenvalue weighted by molar-refractivity contribution is 6.31. The maximum absolute atomic E-state index is 13.8. The maximum Gasteiger partial charge on any atom is 0.130 e. The van der Waals surface area contributed by atoms with Crippen molar-refractivity contribution in [2.24, 2.45) is 0 Å². The van der Waals surface area contributed by atoms with Gasteiger partial charge < -0.3 is 5.32 Å². The molecule has 2 rings (SSSR count). The maximum atomic E-state index is 13.8. The van der Waals surface area contributed by atoms with Crippen molar-refractivity contribution in [2.45, 2.75) is 44.8 Å². The molecule has 1 unspecified atom stereocenters. The van der Waals surface area contributed by atoms with E-state index in [0.717, 1.165) is 18.5 Å². The van der Waals surface area contributed by atoms with Crippen LogP contribution in [-0.4, -0.2) is 6.54 Å². The molecule has 1 aromatic carbocycles. The highest BCUT2D eigenvalue weighted by atomic mass is 35.5. The molecule has 0 amide bonds. The highest BCUT2D eigenvalue weighted by Crippen LogP contribution is 2.33. The minimum Gasteiger partial charge on any atom is -0.310 e. The summed E-state index contributed by atoms with van der Waals surface area (Å²) in [4.78, 5) is 0.